The molecule has 0 saturated carbocycles. The molecule has 0 spiro atoms. The number of hydrogen-bond acceptors (Lipinski definition) is 3. The van der Waals surface area contributed by atoms with Gasteiger partial charge < -0.3 is 11.1 Å². The fourth-order valence-electron chi connectivity index (χ4n) is 3.09. The van der Waals surface area contributed by atoms with Crippen LogP contribution in [-0.4, -0.2) is 36.3 Å². The Morgan fingerprint density at radius 2 is 2.04 bits per heavy atom. The van der Waals surface area contributed by atoms with Crippen LogP contribution in [0, 0.1) is 12.8 Å². The molecule has 1 aromatic carbocycles. The van der Waals surface area contributed by atoms with Gasteiger partial charge in [-0.2, -0.15) is 0 Å². The standard InChI is InChI=1S/C18H27N3O2/c1-3-16(14-8-6-13(2)7-9-14)20-17(22)12-21-10-4-5-15(11-21)18(19)23/h6-9,15-16H,3-5,10-12H2,1-2H3,(H2,19,23)(H,20,22)/t15-,16+/m0/s1. The first-order chi connectivity index (χ1) is 11.0. The van der Waals surface area contributed by atoms with E-state index in [4.69, 9.17) is 5.73 Å². The van der Waals surface area contributed by atoms with Crippen LogP contribution in [0.1, 0.15) is 43.4 Å². The number of nitrogens with two attached hydrogens (primary N) is 1. The molecule has 1 aromatic rings. The van der Waals surface area contributed by atoms with E-state index >= 15 is 0 Å². The highest BCUT2D eigenvalue weighted by Crippen LogP contribution is 2.18. The van der Waals surface area contributed by atoms with Gasteiger partial charge in [-0.25, -0.2) is 0 Å². The van der Waals surface area contributed by atoms with Crippen LogP contribution < -0.4 is 11.1 Å². The van der Waals surface area contributed by atoms with E-state index in [-0.39, 0.29) is 23.8 Å². The molecule has 1 heterocycles. The zero-order chi connectivity index (χ0) is 16.8. The lowest BCUT2D eigenvalue weighted by molar-refractivity contribution is -0.127. The summed E-state index contributed by atoms with van der Waals surface area (Å²) in [6.45, 7) is 5.87. The molecule has 0 aliphatic carbocycles. The molecule has 2 rings (SSSR count). The van der Waals surface area contributed by atoms with Crippen LogP contribution in [0.15, 0.2) is 24.3 Å². The second kappa shape index (κ2) is 8.11. The molecule has 2 atom stereocenters. The van der Waals surface area contributed by atoms with E-state index in [1.165, 1.54) is 5.56 Å². The van der Waals surface area contributed by atoms with E-state index in [1.54, 1.807) is 0 Å². The summed E-state index contributed by atoms with van der Waals surface area (Å²) in [5.41, 5.74) is 7.72. The number of amides is 2. The van der Waals surface area contributed by atoms with Crippen molar-refractivity contribution in [2.75, 3.05) is 19.6 Å². The third kappa shape index (κ3) is 5.06. The molecule has 1 aliphatic rings. The molecule has 23 heavy (non-hydrogen) atoms. The van der Waals surface area contributed by atoms with Gasteiger partial charge in [0.05, 0.1) is 18.5 Å². The molecule has 126 valence electrons. The largest absolute Gasteiger partial charge is 0.369 e. The van der Waals surface area contributed by atoms with Gasteiger partial charge in [-0.3, -0.25) is 14.5 Å². The topological polar surface area (TPSA) is 75.4 Å². The van der Waals surface area contributed by atoms with Crippen molar-refractivity contribution in [2.45, 2.75) is 39.2 Å². The van der Waals surface area contributed by atoms with Crippen LogP contribution in [0.4, 0.5) is 0 Å². The lowest BCUT2D eigenvalue weighted by atomic mass is 9.97. The molecule has 1 fully saturated rings. The third-order valence-corrected chi connectivity index (χ3v) is 4.50. The minimum Gasteiger partial charge on any atom is -0.369 e. The first-order valence-corrected chi connectivity index (χ1v) is 8.37. The smallest absolute Gasteiger partial charge is 0.234 e. The van der Waals surface area contributed by atoms with Gasteiger partial charge in [0.1, 0.15) is 0 Å². The van der Waals surface area contributed by atoms with E-state index in [9.17, 15) is 9.59 Å². The fourth-order valence-corrected chi connectivity index (χ4v) is 3.09. The van der Waals surface area contributed by atoms with Crippen LogP contribution in [0.2, 0.25) is 0 Å². The van der Waals surface area contributed by atoms with Gasteiger partial charge in [-0.1, -0.05) is 36.8 Å². The summed E-state index contributed by atoms with van der Waals surface area (Å²) in [4.78, 5) is 25.7. The summed E-state index contributed by atoms with van der Waals surface area (Å²) < 4.78 is 0. The van der Waals surface area contributed by atoms with E-state index in [0.29, 0.717) is 13.1 Å². The van der Waals surface area contributed by atoms with Crippen molar-refractivity contribution >= 4 is 11.8 Å². The van der Waals surface area contributed by atoms with Crippen molar-refractivity contribution in [1.29, 1.82) is 0 Å². The molecule has 0 aromatic heterocycles. The molecule has 2 amide bonds. The Labute approximate surface area is 138 Å². The van der Waals surface area contributed by atoms with Crippen LogP contribution in [0.3, 0.4) is 0 Å². The maximum Gasteiger partial charge on any atom is 0.234 e. The van der Waals surface area contributed by atoms with Crippen LogP contribution in [0.25, 0.3) is 0 Å². The minimum absolute atomic E-state index is 0.00236. The van der Waals surface area contributed by atoms with Crippen molar-refractivity contribution in [3.8, 4) is 0 Å². The molecule has 1 saturated heterocycles. The maximum atomic E-state index is 12.3. The molecule has 0 bridgehead atoms. The number of piperidine rings is 1. The lowest BCUT2D eigenvalue weighted by Crippen LogP contribution is -2.46. The van der Waals surface area contributed by atoms with Gasteiger partial charge in [0.25, 0.3) is 0 Å². The molecule has 5 nitrogen and oxygen atoms in total. The highest BCUT2D eigenvalue weighted by atomic mass is 16.2. The number of rotatable bonds is 6. The number of hydrogen-bond donors (Lipinski definition) is 2. The predicted molar refractivity (Wildman–Crippen MR) is 90.7 cm³/mol. The Morgan fingerprint density at radius 1 is 1.35 bits per heavy atom. The van der Waals surface area contributed by atoms with Crippen molar-refractivity contribution in [1.82, 2.24) is 10.2 Å². The number of likely N-dealkylation sites (tertiary alicyclic amines) is 1. The fraction of sp³-hybridized carbons (Fsp3) is 0.556. The normalized spacial score (nSPS) is 20.0. The summed E-state index contributed by atoms with van der Waals surface area (Å²) in [6, 6.07) is 8.28. The van der Waals surface area contributed by atoms with Gasteiger partial charge in [0.15, 0.2) is 0 Å². The van der Waals surface area contributed by atoms with Gasteiger partial charge in [0.2, 0.25) is 11.8 Å². The summed E-state index contributed by atoms with van der Waals surface area (Å²) in [7, 11) is 0. The van der Waals surface area contributed by atoms with E-state index in [2.05, 4.69) is 43.4 Å². The lowest BCUT2D eigenvalue weighted by Gasteiger charge is -2.31. The van der Waals surface area contributed by atoms with Gasteiger partial charge in [-0.05, 0) is 38.3 Å². The number of nitrogens with one attached hydrogen (secondary N) is 1. The number of carbonyl (C=O) groups is 2. The average molecular weight is 317 g/mol. The van der Waals surface area contributed by atoms with Crippen molar-refractivity contribution in [3.05, 3.63) is 35.4 Å². The number of carbonyl (C=O) groups excluding carboxylic acids is 2. The molecule has 3 N–H and O–H groups in total. The van der Waals surface area contributed by atoms with Crippen molar-refractivity contribution in [3.63, 3.8) is 0 Å². The minimum atomic E-state index is -0.263. The van der Waals surface area contributed by atoms with E-state index in [1.807, 2.05) is 4.90 Å². The Balaban J connectivity index is 1.89. The zero-order valence-corrected chi connectivity index (χ0v) is 14.0. The second-order valence-electron chi connectivity index (χ2n) is 6.42. The Bertz CT molecular complexity index is 542. The Hall–Kier alpha value is -1.88. The van der Waals surface area contributed by atoms with E-state index < -0.39 is 0 Å². The van der Waals surface area contributed by atoms with Crippen LogP contribution in [-0.2, 0) is 9.59 Å². The Kier molecular flexibility index (Phi) is 6.16. The monoisotopic (exact) mass is 317 g/mol. The summed E-state index contributed by atoms with van der Waals surface area (Å²) in [6.07, 6.45) is 2.59. The van der Waals surface area contributed by atoms with Crippen molar-refractivity contribution < 1.29 is 9.59 Å². The second-order valence-corrected chi connectivity index (χ2v) is 6.42. The van der Waals surface area contributed by atoms with Crippen molar-refractivity contribution in [2.24, 2.45) is 11.7 Å². The molecule has 0 radical (unpaired) electrons. The van der Waals surface area contributed by atoms with Gasteiger partial charge in [-0.15, -0.1) is 0 Å². The third-order valence-electron chi connectivity index (χ3n) is 4.50. The maximum absolute atomic E-state index is 12.3. The summed E-state index contributed by atoms with van der Waals surface area (Å²) in [5, 5.41) is 3.10. The average Bonchev–Trinajstić information content (AvgIpc) is 2.53. The number of benzene rings is 1. The van der Waals surface area contributed by atoms with Crippen LogP contribution >= 0.6 is 0 Å². The van der Waals surface area contributed by atoms with Gasteiger partial charge in [0, 0.05) is 6.54 Å². The summed E-state index contributed by atoms with van der Waals surface area (Å²) in [5.74, 6) is -0.389. The molecule has 1 aliphatic heterocycles. The molecule has 5 heteroatoms. The highest BCUT2D eigenvalue weighted by molar-refractivity contribution is 5.79. The predicted octanol–water partition coefficient (Wildman–Crippen LogP) is 1.76. The SMILES string of the molecule is CC[C@@H](NC(=O)CN1CCC[C@H](C(N)=O)C1)c1ccc(C)cc1. The molecular weight excluding hydrogens is 290 g/mol. The first-order valence-electron chi connectivity index (χ1n) is 8.37. The number of aryl methyl sites for hydroxylation is 1. The first kappa shape index (κ1) is 17.5. The quantitative estimate of drug-likeness (QED) is 0.839. The number of primary amides is 1. The molecular formula is C18H27N3O2. The zero-order valence-electron chi connectivity index (χ0n) is 14.0. The summed E-state index contributed by atoms with van der Waals surface area (Å²) >= 11 is 0. The van der Waals surface area contributed by atoms with E-state index in [0.717, 1.165) is 31.4 Å². The van der Waals surface area contributed by atoms with Gasteiger partial charge >= 0.3 is 0 Å². The van der Waals surface area contributed by atoms with Crippen LogP contribution in [0.5, 0.6) is 0 Å². The highest BCUT2D eigenvalue weighted by Gasteiger charge is 2.25. The Morgan fingerprint density at radius 3 is 2.65 bits per heavy atom. The molecule has 0 unspecified atom stereocenters. The number of nitrogens with zero attached hydrogens (tertiary/aromatic N) is 1.